The first-order valence-electron chi connectivity index (χ1n) is 7.53. The fourth-order valence-corrected chi connectivity index (χ4v) is 2.02. The van der Waals surface area contributed by atoms with E-state index in [0.29, 0.717) is 29.4 Å². The van der Waals surface area contributed by atoms with Crippen molar-refractivity contribution in [2.45, 2.75) is 19.9 Å². The molecule has 0 aliphatic heterocycles. The van der Waals surface area contributed by atoms with Gasteiger partial charge >= 0.3 is 0 Å². The zero-order valence-electron chi connectivity index (χ0n) is 14.6. The van der Waals surface area contributed by atoms with Crippen molar-refractivity contribution in [3.63, 3.8) is 0 Å². The number of likely N-dealkylation sites (N-methyl/N-ethyl adjacent to an activating group) is 1. The standard InChI is InChI=1S/C17H24N2O5/c1-6-18-17(21)11(2)19-15(20)8-7-12-9-13(22-3)16(24-5)14(10-12)23-4/h7-11H,6H2,1-5H3,(H,18,21)(H,19,20). The molecule has 0 saturated carbocycles. The lowest BCUT2D eigenvalue weighted by atomic mass is 10.1. The molecule has 1 rings (SSSR count). The number of carbonyl (C=O) groups excluding carboxylic acids is 2. The van der Waals surface area contributed by atoms with Gasteiger partial charge in [-0.25, -0.2) is 0 Å². The molecule has 0 saturated heterocycles. The topological polar surface area (TPSA) is 85.9 Å². The van der Waals surface area contributed by atoms with E-state index in [1.807, 2.05) is 6.92 Å². The Morgan fingerprint density at radius 3 is 2.17 bits per heavy atom. The molecule has 0 radical (unpaired) electrons. The predicted octanol–water partition coefficient (Wildman–Crippen LogP) is 1.37. The number of amides is 2. The van der Waals surface area contributed by atoms with Crippen LogP contribution in [0.3, 0.4) is 0 Å². The van der Waals surface area contributed by atoms with Crippen LogP contribution in [0.5, 0.6) is 17.2 Å². The van der Waals surface area contributed by atoms with E-state index in [1.54, 1.807) is 25.1 Å². The van der Waals surface area contributed by atoms with Crippen LogP contribution >= 0.6 is 0 Å². The van der Waals surface area contributed by atoms with Gasteiger partial charge in [-0.1, -0.05) is 0 Å². The van der Waals surface area contributed by atoms with Crippen LogP contribution in [0.4, 0.5) is 0 Å². The zero-order valence-corrected chi connectivity index (χ0v) is 14.6. The Hall–Kier alpha value is -2.70. The van der Waals surface area contributed by atoms with Gasteiger partial charge in [0.05, 0.1) is 21.3 Å². The summed E-state index contributed by atoms with van der Waals surface area (Å²) in [6, 6.07) is 2.83. The zero-order chi connectivity index (χ0) is 18.1. The number of carbonyl (C=O) groups is 2. The Kier molecular flexibility index (Phi) is 7.61. The van der Waals surface area contributed by atoms with Crippen molar-refractivity contribution < 1.29 is 23.8 Å². The van der Waals surface area contributed by atoms with Gasteiger partial charge in [0, 0.05) is 12.6 Å². The van der Waals surface area contributed by atoms with Crippen LogP contribution in [-0.4, -0.2) is 45.7 Å². The number of hydrogen-bond acceptors (Lipinski definition) is 5. The molecule has 0 aliphatic carbocycles. The van der Waals surface area contributed by atoms with Crippen LogP contribution in [0.2, 0.25) is 0 Å². The maximum Gasteiger partial charge on any atom is 0.244 e. The number of benzene rings is 1. The monoisotopic (exact) mass is 336 g/mol. The third-order valence-electron chi connectivity index (χ3n) is 3.22. The highest BCUT2D eigenvalue weighted by Gasteiger charge is 2.14. The molecule has 0 bridgehead atoms. The third-order valence-corrected chi connectivity index (χ3v) is 3.22. The van der Waals surface area contributed by atoms with E-state index in [-0.39, 0.29) is 11.8 Å². The van der Waals surface area contributed by atoms with Gasteiger partial charge in [0.1, 0.15) is 6.04 Å². The summed E-state index contributed by atoms with van der Waals surface area (Å²) in [7, 11) is 4.56. The van der Waals surface area contributed by atoms with E-state index in [0.717, 1.165) is 0 Å². The molecule has 1 aromatic carbocycles. The Labute approximate surface area is 142 Å². The second-order valence-corrected chi connectivity index (χ2v) is 4.92. The number of ether oxygens (including phenoxy) is 3. The van der Waals surface area contributed by atoms with Crippen LogP contribution in [0.1, 0.15) is 19.4 Å². The average Bonchev–Trinajstić information content (AvgIpc) is 2.58. The Morgan fingerprint density at radius 1 is 1.12 bits per heavy atom. The maximum absolute atomic E-state index is 11.9. The van der Waals surface area contributed by atoms with Crippen LogP contribution in [-0.2, 0) is 9.59 Å². The largest absolute Gasteiger partial charge is 0.493 e. The van der Waals surface area contributed by atoms with E-state index in [9.17, 15) is 9.59 Å². The van der Waals surface area contributed by atoms with E-state index in [4.69, 9.17) is 14.2 Å². The lowest BCUT2D eigenvalue weighted by molar-refractivity contribution is -0.126. The predicted molar refractivity (Wildman–Crippen MR) is 91.4 cm³/mol. The summed E-state index contributed by atoms with van der Waals surface area (Å²) in [6.45, 7) is 3.95. The van der Waals surface area contributed by atoms with Crippen LogP contribution in [0, 0.1) is 0 Å². The summed E-state index contributed by atoms with van der Waals surface area (Å²) < 4.78 is 15.8. The normalized spacial score (nSPS) is 11.7. The molecular formula is C17H24N2O5. The van der Waals surface area contributed by atoms with Gasteiger partial charge in [0.25, 0.3) is 0 Å². The highest BCUT2D eigenvalue weighted by atomic mass is 16.5. The summed E-state index contributed by atoms with van der Waals surface area (Å²) in [5.41, 5.74) is 0.699. The summed E-state index contributed by atoms with van der Waals surface area (Å²) in [6.07, 6.45) is 2.95. The fourth-order valence-electron chi connectivity index (χ4n) is 2.02. The first-order chi connectivity index (χ1) is 11.5. The summed E-state index contributed by atoms with van der Waals surface area (Å²) >= 11 is 0. The van der Waals surface area contributed by atoms with Gasteiger partial charge < -0.3 is 24.8 Å². The maximum atomic E-state index is 11.9. The van der Waals surface area contributed by atoms with Crippen molar-refractivity contribution in [3.8, 4) is 17.2 Å². The van der Waals surface area contributed by atoms with Gasteiger partial charge in [-0.15, -0.1) is 0 Å². The second-order valence-electron chi connectivity index (χ2n) is 4.92. The van der Waals surface area contributed by atoms with Crippen molar-refractivity contribution in [1.82, 2.24) is 10.6 Å². The van der Waals surface area contributed by atoms with E-state index in [2.05, 4.69) is 10.6 Å². The summed E-state index contributed by atoms with van der Waals surface area (Å²) in [5, 5.41) is 5.23. The molecule has 24 heavy (non-hydrogen) atoms. The molecule has 2 amide bonds. The van der Waals surface area contributed by atoms with Crippen LogP contribution in [0.15, 0.2) is 18.2 Å². The molecule has 0 heterocycles. The number of methoxy groups -OCH3 is 3. The summed E-state index contributed by atoms with van der Waals surface area (Å²) in [4.78, 5) is 23.5. The highest BCUT2D eigenvalue weighted by molar-refractivity contribution is 5.95. The first kappa shape index (κ1) is 19.3. The molecule has 1 unspecified atom stereocenters. The average molecular weight is 336 g/mol. The minimum absolute atomic E-state index is 0.230. The molecule has 0 aromatic heterocycles. The molecule has 0 fully saturated rings. The molecule has 7 heteroatoms. The smallest absolute Gasteiger partial charge is 0.244 e. The summed E-state index contributed by atoms with van der Waals surface area (Å²) in [5.74, 6) is 0.862. The van der Waals surface area contributed by atoms with Gasteiger partial charge in [-0.3, -0.25) is 9.59 Å². The molecule has 0 spiro atoms. The fraction of sp³-hybridized carbons (Fsp3) is 0.412. The Bertz CT molecular complexity index is 588. The van der Waals surface area contributed by atoms with Gasteiger partial charge in [-0.05, 0) is 37.6 Å². The Morgan fingerprint density at radius 2 is 1.71 bits per heavy atom. The molecule has 2 N–H and O–H groups in total. The van der Waals surface area contributed by atoms with E-state index < -0.39 is 6.04 Å². The minimum Gasteiger partial charge on any atom is -0.493 e. The molecular weight excluding hydrogens is 312 g/mol. The molecule has 7 nitrogen and oxygen atoms in total. The van der Waals surface area contributed by atoms with Gasteiger partial charge in [0.2, 0.25) is 17.6 Å². The lowest BCUT2D eigenvalue weighted by Gasteiger charge is -2.13. The van der Waals surface area contributed by atoms with Gasteiger partial charge in [0.15, 0.2) is 11.5 Å². The van der Waals surface area contributed by atoms with Crippen molar-refractivity contribution in [1.29, 1.82) is 0 Å². The quantitative estimate of drug-likeness (QED) is 0.700. The van der Waals surface area contributed by atoms with Crippen molar-refractivity contribution in [3.05, 3.63) is 23.8 Å². The van der Waals surface area contributed by atoms with E-state index in [1.165, 1.54) is 27.4 Å². The number of rotatable bonds is 8. The van der Waals surface area contributed by atoms with E-state index >= 15 is 0 Å². The van der Waals surface area contributed by atoms with Crippen LogP contribution in [0.25, 0.3) is 6.08 Å². The Balaban J connectivity index is 2.86. The van der Waals surface area contributed by atoms with Crippen molar-refractivity contribution in [2.75, 3.05) is 27.9 Å². The SMILES string of the molecule is CCNC(=O)C(C)NC(=O)C=Cc1cc(OC)c(OC)c(OC)c1. The molecule has 1 atom stereocenters. The second kappa shape index (κ2) is 9.44. The first-order valence-corrected chi connectivity index (χ1v) is 7.53. The van der Waals surface area contributed by atoms with Crippen molar-refractivity contribution >= 4 is 17.9 Å². The lowest BCUT2D eigenvalue weighted by Crippen LogP contribution is -2.44. The minimum atomic E-state index is -0.609. The molecule has 132 valence electrons. The third kappa shape index (κ3) is 5.19. The number of hydrogen-bond donors (Lipinski definition) is 2. The molecule has 1 aromatic rings. The number of nitrogens with one attached hydrogen (secondary N) is 2. The molecule has 0 aliphatic rings. The van der Waals surface area contributed by atoms with Crippen molar-refractivity contribution in [2.24, 2.45) is 0 Å². The van der Waals surface area contributed by atoms with Crippen LogP contribution < -0.4 is 24.8 Å². The highest BCUT2D eigenvalue weighted by Crippen LogP contribution is 2.38. The van der Waals surface area contributed by atoms with Gasteiger partial charge in [-0.2, -0.15) is 0 Å².